The van der Waals surface area contributed by atoms with Crippen LogP contribution in [0.1, 0.15) is 28.5 Å². The Hall–Kier alpha value is -2.03. The largest absolute Gasteiger partial charge is 0.461 e. The number of carbonyl (C=O) groups is 1. The second-order valence-electron chi connectivity index (χ2n) is 4.23. The monoisotopic (exact) mass is 243 g/mol. The highest BCUT2D eigenvalue weighted by molar-refractivity contribution is 5.87. The van der Waals surface area contributed by atoms with Crippen LogP contribution in [0.25, 0.3) is 0 Å². The molecule has 0 aliphatic rings. The fraction of sp³-hybridized carbons (Fsp3) is 0.267. The van der Waals surface area contributed by atoms with Crippen molar-refractivity contribution in [3.05, 3.63) is 59.4 Å². The highest BCUT2D eigenvalue weighted by Gasteiger charge is 2.11. The Morgan fingerprint density at radius 2 is 2.11 bits per heavy atom. The van der Waals surface area contributed by atoms with Crippen LogP contribution in [0.5, 0.6) is 0 Å². The zero-order chi connectivity index (χ0) is 13.0. The molecule has 0 radical (unpaired) electrons. The van der Waals surface area contributed by atoms with Gasteiger partial charge in [0.2, 0.25) is 0 Å². The summed E-state index contributed by atoms with van der Waals surface area (Å²) >= 11 is 0. The Kier molecular flexibility index (Phi) is 3.82. The van der Waals surface area contributed by atoms with E-state index in [1.54, 1.807) is 6.07 Å². The molecule has 0 saturated heterocycles. The van der Waals surface area contributed by atoms with Crippen molar-refractivity contribution in [3.8, 4) is 0 Å². The summed E-state index contributed by atoms with van der Waals surface area (Å²) in [5, 5.41) is 0. The van der Waals surface area contributed by atoms with Gasteiger partial charge in [-0.05, 0) is 31.5 Å². The van der Waals surface area contributed by atoms with Crippen molar-refractivity contribution in [3.63, 3.8) is 0 Å². The van der Waals surface area contributed by atoms with Gasteiger partial charge >= 0.3 is 5.97 Å². The zero-order valence-electron chi connectivity index (χ0n) is 10.7. The average molecular weight is 243 g/mol. The molecule has 3 nitrogen and oxygen atoms in total. The van der Waals surface area contributed by atoms with E-state index in [9.17, 15) is 4.79 Å². The van der Waals surface area contributed by atoms with Gasteiger partial charge in [0.05, 0.1) is 6.61 Å². The predicted octanol–water partition coefficient (Wildman–Crippen LogP) is 3.02. The molecule has 3 heteroatoms. The van der Waals surface area contributed by atoms with Crippen LogP contribution < -0.4 is 0 Å². The second kappa shape index (κ2) is 5.54. The van der Waals surface area contributed by atoms with Crippen LogP contribution in [0.4, 0.5) is 0 Å². The fourth-order valence-electron chi connectivity index (χ4n) is 1.95. The zero-order valence-corrected chi connectivity index (χ0v) is 10.7. The molecule has 0 amide bonds. The fourth-order valence-corrected chi connectivity index (χ4v) is 1.95. The molecule has 1 aromatic heterocycles. The lowest BCUT2D eigenvalue weighted by molar-refractivity contribution is 0.0514. The van der Waals surface area contributed by atoms with Gasteiger partial charge in [-0.1, -0.05) is 29.8 Å². The van der Waals surface area contributed by atoms with E-state index in [0.29, 0.717) is 18.8 Å². The van der Waals surface area contributed by atoms with Crippen LogP contribution in [0.2, 0.25) is 0 Å². The number of rotatable bonds is 4. The predicted molar refractivity (Wildman–Crippen MR) is 70.7 cm³/mol. The molecule has 0 N–H and O–H groups in total. The normalized spacial score (nSPS) is 10.3. The summed E-state index contributed by atoms with van der Waals surface area (Å²) in [7, 11) is 0. The van der Waals surface area contributed by atoms with E-state index in [1.807, 2.05) is 29.8 Å². The van der Waals surface area contributed by atoms with Crippen LogP contribution in [0, 0.1) is 6.92 Å². The van der Waals surface area contributed by atoms with Crippen molar-refractivity contribution in [2.24, 2.45) is 0 Å². The van der Waals surface area contributed by atoms with E-state index in [0.717, 1.165) is 0 Å². The van der Waals surface area contributed by atoms with E-state index in [1.165, 1.54) is 11.1 Å². The molecule has 1 aromatic carbocycles. The number of esters is 1. The Labute approximate surface area is 107 Å². The highest BCUT2D eigenvalue weighted by atomic mass is 16.5. The molecule has 0 aliphatic carbocycles. The van der Waals surface area contributed by atoms with Crippen LogP contribution in [0.3, 0.4) is 0 Å². The van der Waals surface area contributed by atoms with E-state index in [-0.39, 0.29) is 5.97 Å². The Bertz CT molecular complexity index is 543. The number of nitrogens with zero attached hydrogens (tertiary/aromatic N) is 1. The van der Waals surface area contributed by atoms with Crippen molar-refractivity contribution in [1.29, 1.82) is 0 Å². The molecule has 0 atom stereocenters. The third-order valence-corrected chi connectivity index (χ3v) is 2.75. The van der Waals surface area contributed by atoms with Crippen molar-refractivity contribution in [2.75, 3.05) is 6.61 Å². The van der Waals surface area contributed by atoms with Gasteiger partial charge in [0.25, 0.3) is 0 Å². The average Bonchev–Trinajstić information content (AvgIpc) is 2.77. The van der Waals surface area contributed by atoms with Gasteiger partial charge in [0.15, 0.2) is 0 Å². The molecular formula is C15H17NO2. The van der Waals surface area contributed by atoms with Crippen molar-refractivity contribution >= 4 is 5.97 Å². The van der Waals surface area contributed by atoms with E-state index < -0.39 is 0 Å². The van der Waals surface area contributed by atoms with Crippen molar-refractivity contribution in [1.82, 2.24) is 4.57 Å². The second-order valence-corrected chi connectivity index (χ2v) is 4.23. The number of hydrogen-bond acceptors (Lipinski definition) is 2. The molecule has 0 saturated carbocycles. The molecule has 18 heavy (non-hydrogen) atoms. The molecule has 0 spiro atoms. The standard InChI is InChI=1S/C15H17NO2/c1-3-18-15(17)14-8-5-9-16(14)11-13-7-4-6-12(2)10-13/h4-10H,3,11H2,1-2H3. The van der Waals surface area contributed by atoms with Gasteiger partial charge in [-0.25, -0.2) is 4.79 Å². The first-order valence-electron chi connectivity index (χ1n) is 6.08. The molecule has 94 valence electrons. The number of aryl methyl sites for hydroxylation is 1. The van der Waals surface area contributed by atoms with Gasteiger partial charge in [-0.2, -0.15) is 0 Å². The van der Waals surface area contributed by atoms with E-state index in [2.05, 4.69) is 25.1 Å². The minimum Gasteiger partial charge on any atom is -0.461 e. The molecule has 0 fully saturated rings. The molecule has 0 aliphatic heterocycles. The number of hydrogen-bond donors (Lipinski definition) is 0. The van der Waals surface area contributed by atoms with Gasteiger partial charge < -0.3 is 9.30 Å². The molecule has 2 aromatic rings. The summed E-state index contributed by atoms with van der Waals surface area (Å²) in [6, 6.07) is 11.9. The maximum absolute atomic E-state index is 11.7. The number of ether oxygens (including phenoxy) is 1. The first kappa shape index (κ1) is 12.4. The number of aromatic nitrogens is 1. The third kappa shape index (κ3) is 2.80. The first-order chi connectivity index (χ1) is 8.70. The first-order valence-corrected chi connectivity index (χ1v) is 6.08. The maximum Gasteiger partial charge on any atom is 0.354 e. The lowest BCUT2D eigenvalue weighted by Gasteiger charge is -2.09. The summed E-state index contributed by atoms with van der Waals surface area (Å²) in [6.07, 6.45) is 1.90. The third-order valence-electron chi connectivity index (χ3n) is 2.75. The summed E-state index contributed by atoms with van der Waals surface area (Å²) in [4.78, 5) is 11.7. The summed E-state index contributed by atoms with van der Waals surface area (Å²) < 4.78 is 6.94. The van der Waals surface area contributed by atoms with Crippen LogP contribution in [-0.2, 0) is 11.3 Å². The quantitative estimate of drug-likeness (QED) is 0.773. The van der Waals surface area contributed by atoms with Gasteiger partial charge in [-0.15, -0.1) is 0 Å². The summed E-state index contributed by atoms with van der Waals surface area (Å²) in [6.45, 7) is 4.95. The molecule has 2 rings (SSSR count). The Morgan fingerprint density at radius 1 is 1.28 bits per heavy atom. The SMILES string of the molecule is CCOC(=O)c1cccn1Cc1cccc(C)c1. The van der Waals surface area contributed by atoms with Crippen molar-refractivity contribution in [2.45, 2.75) is 20.4 Å². The Morgan fingerprint density at radius 3 is 2.83 bits per heavy atom. The smallest absolute Gasteiger partial charge is 0.354 e. The maximum atomic E-state index is 11.7. The van der Waals surface area contributed by atoms with Crippen molar-refractivity contribution < 1.29 is 9.53 Å². The molecular weight excluding hydrogens is 226 g/mol. The minimum atomic E-state index is -0.268. The van der Waals surface area contributed by atoms with E-state index in [4.69, 9.17) is 4.74 Å². The summed E-state index contributed by atoms with van der Waals surface area (Å²) in [5.74, 6) is -0.268. The van der Waals surface area contributed by atoms with Crippen LogP contribution >= 0.6 is 0 Å². The topological polar surface area (TPSA) is 31.2 Å². The van der Waals surface area contributed by atoms with Gasteiger partial charge in [0.1, 0.15) is 5.69 Å². The highest BCUT2D eigenvalue weighted by Crippen LogP contribution is 2.10. The number of carbonyl (C=O) groups excluding carboxylic acids is 1. The Balaban J connectivity index is 2.20. The van der Waals surface area contributed by atoms with Crippen LogP contribution in [0.15, 0.2) is 42.6 Å². The molecule has 1 heterocycles. The lowest BCUT2D eigenvalue weighted by Crippen LogP contribution is -2.12. The minimum absolute atomic E-state index is 0.268. The summed E-state index contributed by atoms with van der Waals surface area (Å²) in [5.41, 5.74) is 2.99. The van der Waals surface area contributed by atoms with E-state index >= 15 is 0 Å². The number of benzene rings is 1. The molecule has 0 bridgehead atoms. The van der Waals surface area contributed by atoms with Crippen LogP contribution in [-0.4, -0.2) is 17.1 Å². The van der Waals surface area contributed by atoms with Gasteiger partial charge in [0, 0.05) is 12.7 Å². The molecule has 0 unspecified atom stereocenters. The van der Waals surface area contributed by atoms with Gasteiger partial charge in [-0.3, -0.25) is 0 Å². The lowest BCUT2D eigenvalue weighted by atomic mass is 10.1.